The summed E-state index contributed by atoms with van der Waals surface area (Å²) in [6.07, 6.45) is 45.9. The molecule has 12 atom stereocenters. The number of hydrogen-bond donors (Lipinski definition) is 9. The Morgan fingerprint density at radius 1 is 0.449 bits per heavy atom. The van der Waals surface area contributed by atoms with Gasteiger partial charge >= 0.3 is 0 Å². The molecule has 0 radical (unpaired) electrons. The topological polar surface area (TPSA) is 228 Å². The molecule has 0 spiro atoms. The zero-order valence-corrected chi connectivity index (χ0v) is 49.2. The maximum absolute atomic E-state index is 13.3. The number of aliphatic hydroxyl groups excluding tert-OH is 8. The van der Waals surface area contributed by atoms with E-state index in [0.29, 0.717) is 12.8 Å². The summed E-state index contributed by atoms with van der Waals surface area (Å²) in [5, 5.41) is 87.2. The summed E-state index contributed by atoms with van der Waals surface area (Å²) in [7, 11) is 0. The van der Waals surface area contributed by atoms with E-state index in [1.165, 1.54) is 173 Å². The van der Waals surface area contributed by atoms with Crippen molar-refractivity contribution in [3.8, 4) is 0 Å². The highest BCUT2D eigenvalue weighted by atomic mass is 16.7. The monoisotopic (exact) mass is 1110 g/mol. The highest BCUT2D eigenvalue weighted by Crippen LogP contribution is 2.30. The van der Waals surface area contributed by atoms with E-state index >= 15 is 0 Å². The zero-order chi connectivity index (χ0) is 56.7. The number of carbonyl (C=O) groups is 1. The molecule has 0 aromatic rings. The van der Waals surface area contributed by atoms with Gasteiger partial charge in [-0.15, -0.1) is 0 Å². The van der Waals surface area contributed by atoms with Crippen molar-refractivity contribution < 1.29 is 64.6 Å². The normalized spacial score (nSPS) is 24.8. The number of allylic oxidation sites excluding steroid dienone is 7. The van der Waals surface area contributed by atoms with Crippen LogP contribution in [0.3, 0.4) is 0 Å². The van der Waals surface area contributed by atoms with Gasteiger partial charge in [0, 0.05) is 6.42 Å². The van der Waals surface area contributed by atoms with Gasteiger partial charge in [-0.05, 0) is 70.6 Å². The van der Waals surface area contributed by atoms with E-state index in [2.05, 4.69) is 55.6 Å². The van der Waals surface area contributed by atoms with Crippen LogP contribution < -0.4 is 5.32 Å². The average Bonchev–Trinajstić information content (AvgIpc) is 3.48. The molecule has 0 aliphatic carbocycles. The van der Waals surface area contributed by atoms with E-state index in [1.807, 2.05) is 6.08 Å². The number of aliphatic hydroxyl groups is 8. The first-order valence-corrected chi connectivity index (χ1v) is 31.9. The van der Waals surface area contributed by atoms with Crippen molar-refractivity contribution in [2.24, 2.45) is 0 Å². The Morgan fingerprint density at radius 3 is 1.26 bits per heavy atom. The fourth-order valence-electron chi connectivity index (χ4n) is 10.3. The van der Waals surface area contributed by atoms with Gasteiger partial charge < -0.3 is 65.1 Å². The third kappa shape index (κ3) is 34.4. The summed E-state index contributed by atoms with van der Waals surface area (Å²) < 4.78 is 22.8. The van der Waals surface area contributed by atoms with Crippen LogP contribution in [0.1, 0.15) is 258 Å². The van der Waals surface area contributed by atoms with Crippen molar-refractivity contribution in [3.63, 3.8) is 0 Å². The van der Waals surface area contributed by atoms with Crippen LogP contribution in [0.25, 0.3) is 0 Å². The van der Waals surface area contributed by atoms with Crippen LogP contribution in [0.15, 0.2) is 48.6 Å². The zero-order valence-electron chi connectivity index (χ0n) is 49.2. The van der Waals surface area contributed by atoms with E-state index in [9.17, 15) is 45.6 Å². The van der Waals surface area contributed by atoms with Crippen LogP contribution in [0.5, 0.6) is 0 Å². The number of ether oxygens (including phenoxy) is 4. The molecule has 2 fully saturated rings. The number of hydrogen-bond acceptors (Lipinski definition) is 13. The van der Waals surface area contributed by atoms with Crippen LogP contribution in [-0.2, 0) is 23.7 Å². The first kappa shape index (κ1) is 72.1. The number of amides is 1. The Bertz CT molecular complexity index is 1490. The van der Waals surface area contributed by atoms with Gasteiger partial charge in [-0.2, -0.15) is 0 Å². The standard InChI is InChI=1S/C64H117NO13/c1-3-5-7-9-11-13-15-17-19-21-23-24-25-26-27-28-29-30-31-33-35-37-39-41-43-45-47-53(68)52(65-56(69)48-46-44-42-40-38-36-34-32-22-20-18-16-14-12-10-8-6-4-2)51-75-63-61(74)59(72)62(55(50-67)77-63)78-64-60(73)58(71)57(70)54(49-66)76-64/h20,22,30-31,37,39,45,47,52-55,57-64,66-68,70-74H,3-19,21,23-29,32-36,38,40-44,46,48-51H2,1-2H3,(H,65,69)/b22-20-,31-30+,39-37+,47-45+. The van der Waals surface area contributed by atoms with Crippen molar-refractivity contribution in [1.29, 1.82) is 0 Å². The summed E-state index contributed by atoms with van der Waals surface area (Å²) in [5.74, 6) is -0.257. The Labute approximate surface area is 473 Å². The quantitative estimate of drug-likeness (QED) is 0.0204. The molecule has 0 aromatic carbocycles. The third-order valence-corrected chi connectivity index (χ3v) is 15.5. The summed E-state index contributed by atoms with van der Waals surface area (Å²) in [4.78, 5) is 13.3. The second-order valence-corrected chi connectivity index (χ2v) is 22.5. The molecule has 2 heterocycles. The van der Waals surface area contributed by atoms with Gasteiger partial charge in [0.05, 0.1) is 32.0 Å². The molecule has 9 N–H and O–H groups in total. The molecular formula is C64H117NO13. The van der Waals surface area contributed by atoms with Crippen LogP contribution in [0.2, 0.25) is 0 Å². The van der Waals surface area contributed by atoms with Crippen LogP contribution in [-0.4, -0.2) is 140 Å². The maximum Gasteiger partial charge on any atom is 0.220 e. The second kappa shape index (κ2) is 49.5. The van der Waals surface area contributed by atoms with E-state index < -0.39 is 86.8 Å². The lowest BCUT2D eigenvalue weighted by Gasteiger charge is -2.46. The molecule has 14 nitrogen and oxygen atoms in total. The average molecular weight is 1110 g/mol. The number of carbonyl (C=O) groups excluding carboxylic acids is 1. The lowest BCUT2D eigenvalue weighted by molar-refractivity contribution is -0.359. The van der Waals surface area contributed by atoms with Crippen LogP contribution >= 0.6 is 0 Å². The Balaban J connectivity index is 1.76. The number of nitrogens with one attached hydrogen (secondary N) is 1. The van der Waals surface area contributed by atoms with Crippen molar-refractivity contribution in [2.45, 2.75) is 331 Å². The van der Waals surface area contributed by atoms with Crippen LogP contribution in [0, 0.1) is 0 Å². The molecule has 0 bridgehead atoms. The summed E-state index contributed by atoms with van der Waals surface area (Å²) in [6.45, 7) is 2.79. The number of unbranched alkanes of at least 4 members (excludes halogenated alkanes) is 32. The predicted octanol–water partition coefficient (Wildman–Crippen LogP) is 11.6. The molecule has 456 valence electrons. The summed E-state index contributed by atoms with van der Waals surface area (Å²) in [5.41, 5.74) is 0. The first-order chi connectivity index (χ1) is 38.1. The molecule has 0 saturated carbocycles. The minimum absolute atomic E-state index is 0.257. The van der Waals surface area contributed by atoms with Crippen molar-refractivity contribution >= 4 is 5.91 Å². The van der Waals surface area contributed by atoms with E-state index in [0.717, 1.165) is 51.4 Å². The molecular weight excluding hydrogens is 991 g/mol. The fraction of sp³-hybridized carbons (Fsp3) is 0.859. The molecule has 2 saturated heterocycles. The Hall–Kier alpha value is -2.05. The van der Waals surface area contributed by atoms with Gasteiger partial charge in [-0.3, -0.25) is 4.79 Å². The van der Waals surface area contributed by atoms with Gasteiger partial charge in [0.25, 0.3) is 0 Å². The highest BCUT2D eigenvalue weighted by Gasteiger charge is 2.51. The van der Waals surface area contributed by atoms with E-state index in [-0.39, 0.29) is 18.9 Å². The summed E-state index contributed by atoms with van der Waals surface area (Å²) >= 11 is 0. The second-order valence-electron chi connectivity index (χ2n) is 22.5. The predicted molar refractivity (Wildman–Crippen MR) is 314 cm³/mol. The highest BCUT2D eigenvalue weighted by molar-refractivity contribution is 5.76. The maximum atomic E-state index is 13.3. The minimum Gasteiger partial charge on any atom is -0.394 e. The smallest absolute Gasteiger partial charge is 0.220 e. The third-order valence-electron chi connectivity index (χ3n) is 15.5. The van der Waals surface area contributed by atoms with Crippen molar-refractivity contribution in [1.82, 2.24) is 5.32 Å². The van der Waals surface area contributed by atoms with Crippen LogP contribution in [0.4, 0.5) is 0 Å². The SMILES string of the molecule is CCCCCCCCC/C=C\CCCCCCCCCC(=O)NC(COC1OC(CO)C(OC2OC(CO)C(O)C(O)C2O)C(O)C1O)C(O)/C=C/CC/C=C/CC/C=C/CCCCCCCCCCCCCCCCCC. The molecule has 0 aromatic heterocycles. The molecule has 2 aliphatic heterocycles. The summed E-state index contributed by atoms with van der Waals surface area (Å²) in [6, 6.07) is -0.941. The van der Waals surface area contributed by atoms with Gasteiger partial charge in [-0.25, -0.2) is 0 Å². The Kier molecular flexibility index (Phi) is 45.8. The lowest BCUT2D eigenvalue weighted by Crippen LogP contribution is -2.65. The first-order valence-electron chi connectivity index (χ1n) is 31.9. The molecule has 12 unspecified atom stereocenters. The van der Waals surface area contributed by atoms with Gasteiger partial charge in [0.15, 0.2) is 12.6 Å². The van der Waals surface area contributed by atoms with Crippen molar-refractivity contribution in [2.75, 3.05) is 19.8 Å². The molecule has 14 heteroatoms. The largest absolute Gasteiger partial charge is 0.394 e. The number of rotatable bonds is 51. The molecule has 78 heavy (non-hydrogen) atoms. The lowest BCUT2D eigenvalue weighted by atomic mass is 9.97. The van der Waals surface area contributed by atoms with E-state index in [4.69, 9.17) is 18.9 Å². The molecule has 1 amide bonds. The fourth-order valence-corrected chi connectivity index (χ4v) is 10.3. The Morgan fingerprint density at radius 2 is 0.821 bits per heavy atom. The van der Waals surface area contributed by atoms with Crippen molar-refractivity contribution in [3.05, 3.63) is 48.6 Å². The van der Waals surface area contributed by atoms with E-state index in [1.54, 1.807) is 6.08 Å². The van der Waals surface area contributed by atoms with Gasteiger partial charge in [0.1, 0.15) is 48.8 Å². The minimum atomic E-state index is -1.79. The molecule has 2 rings (SSSR count). The van der Waals surface area contributed by atoms with Gasteiger partial charge in [0.2, 0.25) is 5.91 Å². The molecule has 2 aliphatic rings. The van der Waals surface area contributed by atoms with Gasteiger partial charge in [-0.1, -0.05) is 229 Å².